The van der Waals surface area contributed by atoms with Gasteiger partial charge in [0.1, 0.15) is 0 Å². The summed E-state index contributed by atoms with van der Waals surface area (Å²) in [6, 6.07) is 7.61. The summed E-state index contributed by atoms with van der Waals surface area (Å²) in [5.74, 6) is 0. The van der Waals surface area contributed by atoms with Crippen molar-refractivity contribution in [3.05, 3.63) is 29.3 Å². The van der Waals surface area contributed by atoms with Gasteiger partial charge in [-0.3, -0.25) is 0 Å². The summed E-state index contributed by atoms with van der Waals surface area (Å²) in [7, 11) is 0. The summed E-state index contributed by atoms with van der Waals surface area (Å²) < 4.78 is 0. The second kappa shape index (κ2) is 4.69. The smallest absolute Gasteiger partial charge is 0.0405 e. The third-order valence-corrected chi connectivity index (χ3v) is 4.27. The van der Waals surface area contributed by atoms with E-state index in [1.165, 1.54) is 43.5 Å². The molecule has 1 fully saturated rings. The van der Waals surface area contributed by atoms with Gasteiger partial charge in [-0.2, -0.15) is 0 Å². The summed E-state index contributed by atoms with van der Waals surface area (Å²) in [4.78, 5) is 2.66. The van der Waals surface area contributed by atoms with Gasteiger partial charge in [0.15, 0.2) is 0 Å². The molecule has 0 aliphatic carbocycles. The fraction of sp³-hybridized carbons (Fsp3) is 0.600. The lowest BCUT2D eigenvalue weighted by atomic mass is 9.98. The van der Waals surface area contributed by atoms with Gasteiger partial charge in [-0.25, -0.2) is 0 Å². The highest BCUT2D eigenvalue weighted by molar-refractivity contribution is 5.59. The van der Waals surface area contributed by atoms with Crippen LogP contribution in [0.15, 0.2) is 18.2 Å². The number of fused-ring (bicyclic) bond motifs is 1. The molecule has 1 atom stereocenters. The van der Waals surface area contributed by atoms with E-state index in [0.717, 1.165) is 19.1 Å². The number of hydrogen-bond donors (Lipinski definition) is 1. The molecule has 92 valence electrons. The van der Waals surface area contributed by atoms with E-state index in [1.54, 1.807) is 5.56 Å². The first-order chi connectivity index (χ1) is 8.40. The van der Waals surface area contributed by atoms with E-state index >= 15 is 0 Å². The van der Waals surface area contributed by atoms with Crippen LogP contribution < -0.4 is 10.2 Å². The summed E-state index contributed by atoms with van der Waals surface area (Å²) in [6.45, 7) is 5.75. The third-order valence-electron chi connectivity index (χ3n) is 4.27. The van der Waals surface area contributed by atoms with Crippen molar-refractivity contribution >= 4 is 5.69 Å². The molecule has 3 rings (SSSR count). The maximum absolute atomic E-state index is 3.47. The van der Waals surface area contributed by atoms with Crippen molar-refractivity contribution in [2.75, 3.05) is 18.0 Å². The van der Waals surface area contributed by atoms with Gasteiger partial charge in [0.05, 0.1) is 0 Å². The van der Waals surface area contributed by atoms with Crippen LogP contribution in [0.1, 0.15) is 37.3 Å². The molecule has 2 aliphatic rings. The van der Waals surface area contributed by atoms with Crippen LogP contribution in [0.25, 0.3) is 0 Å². The van der Waals surface area contributed by atoms with E-state index in [-0.39, 0.29) is 0 Å². The highest BCUT2D eigenvalue weighted by Crippen LogP contribution is 2.32. The number of hydrogen-bond acceptors (Lipinski definition) is 2. The molecule has 0 radical (unpaired) electrons. The first-order valence-electron chi connectivity index (χ1n) is 6.98. The molecule has 2 heteroatoms. The first kappa shape index (κ1) is 11.1. The van der Waals surface area contributed by atoms with E-state index < -0.39 is 0 Å². The molecular formula is C15H22N2. The molecule has 1 unspecified atom stereocenters. The summed E-state index contributed by atoms with van der Waals surface area (Å²) in [6.07, 6.45) is 5.21. The number of rotatable bonds is 2. The quantitative estimate of drug-likeness (QED) is 0.840. The van der Waals surface area contributed by atoms with Crippen LogP contribution in [0.3, 0.4) is 0 Å². The minimum atomic E-state index is 0.774. The van der Waals surface area contributed by atoms with Crippen molar-refractivity contribution in [2.45, 2.75) is 45.2 Å². The monoisotopic (exact) mass is 230 g/mol. The molecule has 2 nitrogen and oxygen atoms in total. The van der Waals surface area contributed by atoms with E-state index in [2.05, 4.69) is 35.3 Å². The molecule has 2 aliphatic heterocycles. The lowest BCUT2D eigenvalue weighted by Crippen LogP contribution is -2.32. The number of nitrogens with one attached hydrogen (secondary N) is 1. The molecule has 0 aromatic heterocycles. The van der Waals surface area contributed by atoms with Gasteiger partial charge in [0, 0.05) is 24.8 Å². The number of anilines is 1. The Morgan fingerprint density at radius 3 is 3.24 bits per heavy atom. The van der Waals surface area contributed by atoms with Gasteiger partial charge >= 0.3 is 0 Å². The topological polar surface area (TPSA) is 15.3 Å². The van der Waals surface area contributed by atoms with E-state index in [4.69, 9.17) is 0 Å². The Morgan fingerprint density at radius 1 is 1.41 bits per heavy atom. The lowest BCUT2D eigenvalue weighted by Gasteiger charge is -2.31. The molecule has 17 heavy (non-hydrogen) atoms. The number of nitrogens with zero attached hydrogens (tertiary/aromatic N) is 1. The molecule has 1 aromatic carbocycles. The zero-order valence-electron chi connectivity index (χ0n) is 10.7. The van der Waals surface area contributed by atoms with Crippen LogP contribution in [0, 0.1) is 0 Å². The van der Waals surface area contributed by atoms with E-state index in [0.29, 0.717) is 0 Å². The van der Waals surface area contributed by atoms with Gasteiger partial charge in [-0.05, 0) is 49.4 Å². The standard InChI is InChI=1S/C15H22N2/c1-2-13-6-4-10-17(13)15-7-3-5-12-11-16-9-8-14(12)15/h3,5,7,13,16H,2,4,6,8-11H2,1H3. The fourth-order valence-corrected chi connectivity index (χ4v) is 3.36. The van der Waals surface area contributed by atoms with Crippen molar-refractivity contribution in [1.29, 1.82) is 0 Å². The van der Waals surface area contributed by atoms with Gasteiger partial charge in [0.25, 0.3) is 0 Å². The summed E-state index contributed by atoms with van der Waals surface area (Å²) >= 11 is 0. The average Bonchev–Trinajstić information content (AvgIpc) is 2.86. The van der Waals surface area contributed by atoms with Gasteiger partial charge in [-0.15, -0.1) is 0 Å². The van der Waals surface area contributed by atoms with Crippen LogP contribution in [-0.2, 0) is 13.0 Å². The van der Waals surface area contributed by atoms with Crippen molar-refractivity contribution in [3.8, 4) is 0 Å². The molecule has 0 amide bonds. The Balaban J connectivity index is 1.97. The molecule has 0 spiro atoms. The maximum atomic E-state index is 3.47. The Morgan fingerprint density at radius 2 is 2.35 bits per heavy atom. The molecule has 1 aromatic rings. The summed E-state index contributed by atoms with van der Waals surface area (Å²) in [5.41, 5.74) is 4.63. The summed E-state index contributed by atoms with van der Waals surface area (Å²) in [5, 5.41) is 3.47. The van der Waals surface area contributed by atoms with Crippen molar-refractivity contribution in [2.24, 2.45) is 0 Å². The average molecular weight is 230 g/mol. The molecule has 1 N–H and O–H groups in total. The second-order valence-corrected chi connectivity index (χ2v) is 5.24. The zero-order valence-corrected chi connectivity index (χ0v) is 10.7. The highest BCUT2D eigenvalue weighted by atomic mass is 15.2. The highest BCUT2D eigenvalue weighted by Gasteiger charge is 2.26. The first-order valence-corrected chi connectivity index (χ1v) is 6.98. The lowest BCUT2D eigenvalue weighted by molar-refractivity contribution is 0.623. The Labute approximate surface area is 104 Å². The van der Waals surface area contributed by atoms with Gasteiger partial charge in [0.2, 0.25) is 0 Å². The largest absolute Gasteiger partial charge is 0.368 e. The predicted molar refractivity (Wildman–Crippen MR) is 72.5 cm³/mol. The molecular weight excluding hydrogens is 208 g/mol. The minimum absolute atomic E-state index is 0.774. The fourth-order valence-electron chi connectivity index (χ4n) is 3.36. The number of benzene rings is 1. The SMILES string of the molecule is CCC1CCCN1c1cccc2c1CCNC2. The maximum Gasteiger partial charge on any atom is 0.0405 e. The van der Waals surface area contributed by atoms with Crippen LogP contribution in [0.2, 0.25) is 0 Å². The zero-order chi connectivity index (χ0) is 11.7. The molecule has 2 heterocycles. The Kier molecular flexibility index (Phi) is 3.06. The Hall–Kier alpha value is -1.02. The predicted octanol–water partition coefficient (Wildman–Crippen LogP) is 2.71. The molecule has 1 saturated heterocycles. The van der Waals surface area contributed by atoms with Gasteiger partial charge in [-0.1, -0.05) is 19.1 Å². The normalized spacial score (nSPS) is 23.8. The van der Waals surface area contributed by atoms with Crippen molar-refractivity contribution in [3.63, 3.8) is 0 Å². The van der Waals surface area contributed by atoms with E-state index in [9.17, 15) is 0 Å². The van der Waals surface area contributed by atoms with E-state index in [1.807, 2.05) is 0 Å². The Bertz CT molecular complexity index is 400. The van der Waals surface area contributed by atoms with Crippen molar-refractivity contribution < 1.29 is 0 Å². The van der Waals surface area contributed by atoms with Gasteiger partial charge < -0.3 is 10.2 Å². The van der Waals surface area contributed by atoms with Crippen LogP contribution >= 0.6 is 0 Å². The minimum Gasteiger partial charge on any atom is -0.368 e. The van der Waals surface area contributed by atoms with Crippen molar-refractivity contribution in [1.82, 2.24) is 5.32 Å². The molecule has 0 bridgehead atoms. The van der Waals surface area contributed by atoms with Crippen LogP contribution in [0.4, 0.5) is 5.69 Å². The van der Waals surface area contributed by atoms with Crippen LogP contribution in [-0.4, -0.2) is 19.1 Å². The molecule has 0 saturated carbocycles. The van der Waals surface area contributed by atoms with Crippen LogP contribution in [0.5, 0.6) is 0 Å². The second-order valence-electron chi connectivity index (χ2n) is 5.24. The third kappa shape index (κ3) is 1.95.